The summed E-state index contributed by atoms with van der Waals surface area (Å²) in [5, 5.41) is 13.5. The molecule has 0 saturated carbocycles. The fourth-order valence-corrected chi connectivity index (χ4v) is 2.78. The van der Waals surface area contributed by atoms with Gasteiger partial charge in [0.2, 0.25) is 0 Å². The monoisotopic (exact) mass is 402 g/mol. The molecule has 144 valence electrons. The van der Waals surface area contributed by atoms with E-state index in [2.05, 4.69) is 5.10 Å². The molecule has 27 heavy (non-hydrogen) atoms. The summed E-state index contributed by atoms with van der Waals surface area (Å²) in [5.41, 5.74) is -2.62. The number of nitrogens with zero attached hydrogens (tertiary/aromatic N) is 2. The van der Waals surface area contributed by atoms with E-state index in [9.17, 15) is 23.1 Å². The number of benzene rings is 1. The van der Waals surface area contributed by atoms with Crippen LogP contribution in [0.3, 0.4) is 0 Å². The number of hydrazone groups is 1. The molecule has 1 aliphatic rings. The predicted octanol–water partition coefficient (Wildman–Crippen LogP) is 3.90. The molecule has 0 aliphatic carbocycles. The molecular formula is C17H14ClF3N2O4. The molecule has 10 heteroatoms. The van der Waals surface area contributed by atoms with E-state index in [1.807, 2.05) is 0 Å². The number of aliphatic hydroxyl groups is 1. The Hall–Kier alpha value is -2.52. The fraction of sp³-hybridized carbons (Fsp3) is 0.294. The van der Waals surface area contributed by atoms with Crippen LogP contribution in [0.2, 0.25) is 5.02 Å². The van der Waals surface area contributed by atoms with E-state index >= 15 is 0 Å². The van der Waals surface area contributed by atoms with Crippen molar-refractivity contribution in [3.8, 4) is 5.75 Å². The van der Waals surface area contributed by atoms with Gasteiger partial charge in [-0.15, -0.1) is 0 Å². The van der Waals surface area contributed by atoms with Gasteiger partial charge in [-0.3, -0.25) is 4.79 Å². The van der Waals surface area contributed by atoms with E-state index in [0.29, 0.717) is 10.8 Å². The quantitative estimate of drug-likeness (QED) is 0.841. The van der Waals surface area contributed by atoms with Gasteiger partial charge in [0.25, 0.3) is 5.72 Å². The number of carbonyl (C=O) groups excluding carboxylic acids is 1. The minimum Gasteiger partial charge on any atom is -0.484 e. The van der Waals surface area contributed by atoms with Crippen molar-refractivity contribution < 1.29 is 32.2 Å². The zero-order valence-corrected chi connectivity index (χ0v) is 14.7. The number of halogens is 4. The average molecular weight is 403 g/mol. The Balaban J connectivity index is 1.74. The van der Waals surface area contributed by atoms with Crippen molar-refractivity contribution in [2.45, 2.75) is 31.9 Å². The Morgan fingerprint density at radius 3 is 2.81 bits per heavy atom. The molecule has 1 amide bonds. The molecule has 1 aromatic carbocycles. The Kier molecular flexibility index (Phi) is 4.92. The van der Waals surface area contributed by atoms with Crippen LogP contribution in [0, 0.1) is 6.92 Å². The third-order valence-electron chi connectivity index (χ3n) is 3.96. The van der Waals surface area contributed by atoms with Crippen LogP contribution in [0.1, 0.15) is 28.3 Å². The maximum absolute atomic E-state index is 13.1. The van der Waals surface area contributed by atoms with Crippen molar-refractivity contribution in [2.75, 3.05) is 0 Å². The van der Waals surface area contributed by atoms with Gasteiger partial charge >= 0.3 is 12.1 Å². The minimum absolute atomic E-state index is 0.0331. The van der Waals surface area contributed by atoms with Gasteiger partial charge in [-0.2, -0.15) is 23.3 Å². The molecule has 0 fully saturated rings. The normalized spacial score (nSPS) is 19.6. The molecule has 0 saturated heterocycles. The van der Waals surface area contributed by atoms with Crippen molar-refractivity contribution >= 4 is 23.7 Å². The smallest absolute Gasteiger partial charge is 0.438 e. The van der Waals surface area contributed by atoms with Gasteiger partial charge in [0.1, 0.15) is 18.1 Å². The number of rotatable bonds is 4. The Morgan fingerprint density at radius 1 is 1.41 bits per heavy atom. The summed E-state index contributed by atoms with van der Waals surface area (Å²) in [6.45, 7) is 1.70. The zero-order chi connectivity index (χ0) is 19.8. The van der Waals surface area contributed by atoms with Gasteiger partial charge in [-0.25, -0.2) is 0 Å². The van der Waals surface area contributed by atoms with Crippen molar-refractivity contribution in [3.63, 3.8) is 0 Å². The van der Waals surface area contributed by atoms with E-state index in [-0.39, 0.29) is 17.4 Å². The van der Waals surface area contributed by atoms with E-state index in [1.54, 1.807) is 25.1 Å². The topological polar surface area (TPSA) is 75.3 Å². The molecule has 0 spiro atoms. The summed E-state index contributed by atoms with van der Waals surface area (Å²) in [4.78, 5) is 12.3. The van der Waals surface area contributed by atoms with E-state index < -0.39 is 30.0 Å². The Morgan fingerprint density at radius 2 is 2.15 bits per heavy atom. The maximum Gasteiger partial charge on any atom is 0.438 e. The highest BCUT2D eigenvalue weighted by Crippen LogP contribution is 2.39. The van der Waals surface area contributed by atoms with Crippen LogP contribution < -0.4 is 4.74 Å². The SMILES string of the molecule is Cc1cccc(Cl)c1OCc1ccc(C(=O)N2N=CC[C@@]2(O)C(F)(F)F)o1. The molecule has 0 unspecified atom stereocenters. The first-order chi connectivity index (χ1) is 12.6. The van der Waals surface area contributed by atoms with Crippen molar-refractivity contribution in [2.24, 2.45) is 5.10 Å². The molecule has 1 N–H and O–H groups in total. The zero-order valence-electron chi connectivity index (χ0n) is 14.0. The molecular weight excluding hydrogens is 389 g/mol. The van der Waals surface area contributed by atoms with E-state index in [0.717, 1.165) is 11.8 Å². The van der Waals surface area contributed by atoms with Gasteiger partial charge in [0, 0.05) is 12.6 Å². The number of ether oxygens (including phenoxy) is 1. The first kappa shape index (κ1) is 19.2. The number of carbonyl (C=O) groups is 1. The van der Waals surface area contributed by atoms with Crippen LogP contribution >= 0.6 is 11.6 Å². The molecule has 1 atom stereocenters. The van der Waals surface area contributed by atoms with Gasteiger partial charge in [-0.05, 0) is 30.7 Å². The third-order valence-corrected chi connectivity index (χ3v) is 4.26. The first-order valence-corrected chi connectivity index (χ1v) is 8.14. The lowest BCUT2D eigenvalue weighted by atomic mass is 10.1. The minimum atomic E-state index is -5.07. The number of aryl methyl sites for hydroxylation is 1. The lowest BCUT2D eigenvalue weighted by Gasteiger charge is -2.31. The summed E-state index contributed by atoms with van der Waals surface area (Å²) in [7, 11) is 0. The summed E-state index contributed by atoms with van der Waals surface area (Å²) in [6.07, 6.45) is -5.11. The van der Waals surface area contributed by atoms with Crippen LogP contribution in [0.15, 0.2) is 39.9 Å². The molecule has 0 radical (unpaired) electrons. The summed E-state index contributed by atoms with van der Waals surface area (Å²) < 4.78 is 50.0. The highest BCUT2D eigenvalue weighted by Gasteiger charge is 2.61. The maximum atomic E-state index is 13.1. The second-order valence-corrected chi connectivity index (χ2v) is 6.28. The van der Waals surface area contributed by atoms with Crippen LogP contribution in [0.5, 0.6) is 5.75 Å². The number of hydrogen-bond donors (Lipinski definition) is 1. The predicted molar refractivity (Wildman–Crippen MR) is 89.5 cm³/mol. The van der Waals surface area contributed by atoms with Crippen molar-refractivity contribution in [3.05, 3.63) is 52.4 Å². The van der Waals surface area contributed by atoms with Crippen LogP contribution in [-0.4, -0.2) is 34.1 Å². The Labute approximate surface area is 156 Å². The number of para-hydroxylation sites is 1. The summed E-state index contributed by atoms with van der Waals surface area (Å²) >= 11 is 6.05. The van der Waals surface area contributed by atoms with E-state index in [1.165, 1.54) is 12.1 Å². The molecule has 6 nitrogen and oxygen atoms in total. The number of furan rings is 1. The molecule has 1 aliphatic heterocycles. The molecule has 3 rings (SSSR count). The van der Waals surface area contributed by atoms with Gasteiger partial charge in [0.05, 0.1) is 5.02 Å². The highest BCUT2D eigenvalue weighted by atomic mass is 35.5. The molecule has 2 heterocycles. The second kappa shape index (κ2) is 6.90. The number of alkyl halides is 3. The van der Waals surface area contributed by atoms with Gasteiger partial charge < -0.3 is 14.3 Å². The number of amides is 1. The lowest BCUT2D eigenvalue weighted by molar-refractivity contribution is -0.297. The van der Waals surface area contributed by atoms with Gasteiger partial charge in [0.15, 0.2) is 5.76 Å². The van der Waals surface area contributed by atoms with Crippen LogP contribution in [-0.2, 0) is 6.61 Å². The first-order valence-electron chi connectivity index (χ1n) is 7.76. The molecule has 0 bridgehead atoms. The van der Waals surface area contributed by atoms with Crippen molar-refractivity contribution in [1.82, 2.24) is 5.01 Å². The second-order valence-electron chi connectivity index (χ2n) is 5.87. The largest absolute Gasteiger partial charge is 0.484 e. The standard InChI is InChI=1S/C17H14ClF3N2O4/c1-10-3-2-4-12(18)14(10)26-9-11-5-6-13(27-11)15(24)23-16(25,7-8-22-23)17(19,20)21/h2-6,8,25H,7,9H2,1H3/t16-/m1/s1. The molecule has 2 aromatic rings. The summed E-state index contributed by atoms with van der Waals surface area (Å²) in [6, 6.07) is 7.76. The summed E-state index contributed by atoms with van der Waals surface area (Å²) in [5.74, 6) is -1.01. The van der Waals surface area contributed by atoms with Crippen LogP contribution in [0.4, 0.5) is 13.2 Å². The fourth-order valence-electron chi connectivity index (χ4n) is 2.51. The third kappa shape index (κ3) is 3.52. The molecule has 1 aromatic heterocycles. The van der Waals surface area contributed by atoms with E-state index in [4.69, 9.17) is 20.8 Å². The Bertz CT molecular complexity index is 876. The van der Waals surface area contributed by atoms with Gasteiger partial charge in [-0.1, -0.05) is 23.7 Å². The van der Waals surface area contributed by atoms with Crippen molar-refractivity contribution in [1.29, 1.82) is 0 Å². The lowest BCUT2D eigenvalue weighted by Crippen LogP contribution is -2.56. The van der Waals surface area contributed by atoms with Crippen LogP contribution in [0.25, 0.3) is 0 Å². The highest BCUT2D eigenvalue weighted by molar-refractivity contribution is 6.32. The number of hydrogen-bond acceptors (Lipinski definition) is 5. The average Bonchev–Trinajstić information content (AvgIpc) is 3.21.